The monoisotopic (exact) mass is 448 g/mol. The summed E-state index contributed by atoms with van der Waals surface area (Å²) >= 11 is 4.40. The fraction of sp³-hybridized carbons (Fsp3) is 0.0556. The lowest BCUT2D eigenvalue weighted by Gasteiger charge is -2.06. The van der Waals surface area contributed by atoms with Crippen LogP contribution in [0.25, 0.3) is 6.08 Å². The van der Waals surface area contributed by atoms with Gasteiger partial charge in [-0.05, 0) is 75.7 Å². The van der Waals surface area contributed by atoms with Crippen LogP contribution in [0.15, 0.2) is 50.8 Å². The zero-order valence-electron chi connectivity index (χ0n) is 13.9. The smallest absolute Gasteiger partial charge is 0.335 e. The number of hydrogen-bond acceptors (Lipinski definition) is 6. The summed E-state index contributed by atoms with van der Waals surface area (Å²) in [5.74, 6) is -1.05. The standard InChI is InChI=1S/C18H13BrN2O5S/c1-26-13-7-9(6-12(19)15(13)22)8-14-16(23)21-18(27-14)20-11-4-2-10(3-5-11)17(24)25/h2-8,22H,1H3,(H,24,25)(H,20,21,23)/b14-8-. The van der Waals surface area contributed by atoms with E-state index in [0.29, 0.717) is 25.8 Å². The van der Waals surface area contributed by atoms with Gasteiger partial charge in [0.15, 0.2) is 16.7 Å². The zero-order valence-corrected chi connectivity index (χ0v) is 16.3. The number of methoxy groups -OCH3 is 1. The fourth-order valence-corrected chi connectivity index (χ4v) is 3.56. The number of benzene rings is 2. The Morgan fingerprint density at radius 1 is 1.30 bits per heavy atom. The summed E-state index contributed by atoms with van der Waals surface area (Å²) < 4.78 is 5.55. The van der Waals surface area contributed by atoms with E-state index < -0.39 is 5.97 Å². The molecular formula is C18H13BrN2O5S. The molecule has 1 heterocycles. The molecule has 1 fully saturated rings. The molecule has 3 N–H and O–H groups in total. The first-order valence-corrected chi connectivity index (χ1v) is 9.18. The molecule has 0 saturated carbocycles. The number of carboxylic acids is 1. The van der Waals surface area contributed by atoms with Gasteiger partial charge in [-0.2, -0.15) is 0 Å². The number of halogens is 1. The minimum atomic E-state index is -1.02. The Bertz CT molecular complexity index is 986. The van der Waals surface area contributed by atoms with Gasteiger partial charge in [0.1, 0.15) is 0 Å². The number of nitrogens with one attached hydrogen (secondary N) is 1. The number of phenolic OH excluding ortho intramolecular Hbond substituents is 1. The first-order chi connectivity index (χ1) is 12.9. The molecule has 2 aromatic rings. The molecule has 0 bridgehead atoms. The van der Waals surface area contributed by atoms with Crippen molar-refractivity contribution in [1.29, 1.82) is 0 Å². The summed E-state index contributed by atoms with van der Waals surface area (Å²) in [6.45, 7) is 0. The zero-order chi connectivity index (χ0) is 19.6. The molecular weight excluding hydrogens is 436 g/mol. The highest BCUT2D eigenvalue weighted by Gasteiger charge is 2.24. The van der Waals surface area contributed by atoms with Gasteiger partial charge in [0.2, 0.25) is 0 Å². The third-order valence-corrected chi connectivity index (χ3v) is 5.08. The van der Waals surface area contributed by atoms with Crippen LogP contribution < -0.4 is 10.1 Å². The van der Waals surface area contributed by atoms with Crippen LogP contribution in [-0.4, -0.2) is 34.4 Å². The number of thioether (sulfide) groups is 1. The van der Waals surface area contributed by atoms with E-state index in [2.05, 4.69) is 26.2 Å². The maximum absolute atomic E-state index is 12.2. The molecule has 27 heavy (non-hydrogen) atoms. The predicted molar refractivity (Wildman–Crippen MR) is 107 cm³/mol. The van der Waals surface area contributed by atoms with E-state index in [9.17, 15) is 14.7 Å². The van der Waals surface area contributed by atoms with Crippen LogP contribution in [0.4, 0.5) is 5.69 Å². The third kappa shape index (κ3) is 4.32. The van der Waals surface area contributed by atoms with E-state index in [1.54, 1.807) is 30.3 Å². The molecule has 7 nitrogen and oxygen atoms in total. The number of carbonyl (C=O) groups excluding carboxylic acids is 1. The van der Waals surface area contributed by atoms with Crippen LogP contribution in [0.3, 0.4) is 0 Å². The number of hydrogen-bond donors (Lipinski definition) is 3. The summed E-state index contributed by atoms with van der Waals surface area (Å²) in [6, 6.07) is 9.29. The van der Waals surface area contributed by atoms with Crippen molar-refractivity contribution < 1.29 is 24.5 Å². The van der Waals surface area contributed by atoms with Crippen molar-refractivity contribution in [2.24, 2.45) is 4.99 Å². The van der Waals surface area contributed by atoms with Crippen LogP contribution in [0.1, 0.15) is 15.9 Å². The number of nitrogens with zero attached hydrogens (tertiary/aromatic N) is 1. The molecule has 0 aliphatic carbocycles. The van der Waals surface area contributed by atoms with Crippen molar-refractivity contribution in [2.75, 3.05) is 7.11 Å². The third-order valence-electron chi connectivity index (χ3n) is 3.56. The van der Waals surface area contributed by atoms with Crippen molar-refractivity contribution in [1.82, 2.24) is 5.32 Å². The van der Waals surface area contributed by atoms with Crippen LogP contribution >= 0.6 is 27.7 Å². The fourth-order valence-electron chi connectivity index (χ4n) is 2.26. The molecule has 138 valence electrons. The minimum Gasteiger partial charge on any atom is -0.503 e. The van der Waals surface area contributed by atoms with Gasteiger partial charge in [-0.3, -0.25) is 4.79 Å². The number of aliphatic imine (C=N–C) groups is 1. The molecule has 1 aliphatic heterocycles. The SMILES string of the molecule is COc1cc(/C=C2\SC(=Nc3ccc(C(=O)O)cc3)NC2=O)cc(Br)c1O. The van der Waals surface area contributed by atoms with Gasteiger partial charge in [-0.25, -0.2) is 9.79 Å². The normalized spacial score (nSPS) is 16.6. The number of rotatable bonds is 4. The molecule has 0 atom stereocenters. The molecule has 1 saturated heterocycles. The number of phenols is 1. The predicted octanol–water partition coefficient (Wildman–Crippen LogP) is 3.75. The van der Waals surface area contributed by atoms with Crippen molar-refractivity contribution in [3.63, 3.8) is 0 Å². The molecule has 9 heteroatoms. The van der Waals surface area contributed by atoms with Gasteiger partial charge >= 0.3 is 5.97 Å². The summed E-state index contributed by atoms with van der Waals surface area (Å²) in [6.07, 6.45) is 1.66. The number of amidine groups is 1. The van der Waals surface area contributed by atoms with Crippen LogP contribution in [0.2, 0.25) is 0 Å². The van der Waals surface area contributed by atoms with Gasteiger partial charge in [0, 0.05) is 0 Å². The highest BCUT2D eigenvalue weighted by atomic mass is 79.9. The quantitative estimate of drug-likeness (QED) is 0.614. The second-order valence-corrected chi connectivity index (χ2v) is 7.27. The van der Waals surface area contributed by atoms with E-state index in [0.717, 1.165) is 11.8 Å². The lowest BCUT2D eigenvalue weighted by atomic mass is 10.2. The maximum Gasteiger partial charge on any atom is 0.335 e. The lowest BCUT2D eigenvalue weighted by Crippen LogP contribution is -2.19. The molecule has 1 amide bonds. The Balaban J connectivity index is 1.84. The van der Waals surface area contributed by atoms with Gasteiger partial charge in [0.25, 0.3) is 5.91 Å². The Morgan fingerprint density at radius 3 is 2.63 bits per heavy atom. The first-order valence-electron chi connectivity index (χ1n) is 7.57. The molecule has 0 aromatic heterocycles. The topological polar surface area (TPSA) is 108 Å². The number of ether oxygens (including phenoxy) is 1. The summed E-state index contributed by atoms with van der Waals surface area (Å²) in [4.78, 5) is 27.8. The van der Waals surface area contributed by atoms with Gasteiger partial charge in [0.05, 0.1) is 27.7 Å². The van der Waals surface area contributed by atoms with Gasteiger partial charge in [-0.1, -0.05) is 0 Å². The van der Waals surface area contributed by atoms with E-state index in [1.165, 1.54) is 19.2 Å². The van der Waals surface area contributed by atoms with Gasteiger partial charge in [-0.15, -0.1) is 0 Å². The van der Waals surface area contributed by atoms with E-state index >= 15 is 0 Å². The second kappa shape index (κ2) is 7.85. The molecule has 0 radical (unpaired) electrons. The Hall–Kier alpha value is -2.78. The Morgan fingerprint density at radius 2 is 2.00 bits per heavy atom. The van der Waals surface area contributed by atoms with Crippen molar-refractivity contribution in [3.8, 4) is 11.5 Å². The lowest BCUT2D eigenvalue weighted by molar-refractivity contribution is -0.115. The first kappa shape index (κ1) is 19.0. The van der Waals surface area contributed by atoms with Crippen LogP contribution in [0.5, 0.6) is 11.5 Å². The minimum absolute atomic E-state index is 0.0183. The van der Waals surface area contributed by atoms with Crippen molar-refractivity contribution in [3.05, 3.63) is 56.9 Å². The number of aromatic hydroxyl groups is 1. The second-order valence-electron chi connectivity index (χ2n) is 5.39. The average Bonchev–Trinajstić information content (AvgIpc) is 2.97. The summed E-state index contributed by atoms with van der Waals surface area (Å²) in [5.41, 5.74) is 1.36. The Labute approximate surface area is 166 Å². The van der Waals surface area contributed by atoms with Crippen LogP contribution in [-0.2, 0) is 4.79 Å². The molecule has 2 aromatic carbocycles. The van der Waals surface area contributed by atoms with Gasteiger partial charge < -0.3 is 20.3 Å². The average molecular weight is 449 g/mol. The molecule has 0 unspecified atom stereocenters. The maximum atomic E-state index is 12.2. The summed E-state index contributed by atoms with van der Waals surface area (Å²) in [7, 11) is 1.44. The van der Waals surface area contributed by atoms with E-state index in [-0.39, 0.29) is 23.0 Å². The summed E-state index contributed by atoms with van der Waals surface area (Å²) in [5, 5.41) is 21.8. The number of carbonyl (C=O) groups is 2. The molecule has 3 rings (SSSR count). The van der Waals surface area contributed by atoms with Crippen molar-refractivity contribution in [2.45, 2.75) is 0 Å². The highest BCUT2D eigenvalue weighted by Crippen LogP contribution is 2.37. The number of carboxylic acid groups (broad SMARTS) is 1. The number of amides is 1. The highest BCUT2D eigenvalue weighted by molar-refractivity contribution is 9.10. The Kier molecular flexibility index (Phi) is 5.52. The van der Waals surface area contributed by atoms with Crippen molar-refractivity contribution >= 4 is 56.5 Å². The van der Waals surface area contributed by atoms with Crippen LogP contribution in [0, 0.1) is 0 Å². The number of aromatic carboxylic acids is 1. The molecule has 0 spiro atoms. The van der Waals surface area contributed by atoms with E-state index in [1.807, 2.05) is 0 Å². The largest absolute Gasteiger partial charge is 0.503 e. The van der Waals surface area contributed by atoms with E-state index in [4.69, 9.17) is 9.84 Å². The molecule has 1 aliphatic rings.